The molecule has 0 radical (unpaired) electrons. The highest BCUT2D eigenvalue weighted by Gasteiger charge is 2.32. The Labute approximate surface area is 146 Å². The maximum Gasteiger partial charge on any atom is 0.303 e. The van der Waals surface area contributed by atoms with Crippen molar-refractivity contribution in [2.45, 2.75) is 44.2 Å². The van der Waals surface area contributed by atoms with Gasteiger partial charge in [0.15, 0.2) is 0 Å². The molecule has 0 spiro atoms. The van der Waals surface area contributed by atoms with Crippen LogP contribution in [0.3, 0.4) is 0 Å². The number of hydrogen-bond acceptors (Lipinski definition) is 6. The van der Waals surface area contributed by atoms with E-state index in [1.807, 2.05) is 4.90 Å². The predicted molar refractivity (Wildman–Crippen MR) is 88.5 cm³/mol. The Hall–Kier alpha value is -1.72. The van der Waals surface area contributed by atoms with E-state index in [4.69, 9.17) is 9.66 Å². The molecule has 0 saturated carbocycles. The fourth-order valence-corrected chi connectivity index (χ4v) is 3.29. The standard InChI is InChI=1S/C14H25N3O7S/c1-17-8-4-5-11(17)14(21)16-10(9-25(22,23)24)13(20)15-7-3-2-6-12(18)19/h10-11H,2-9H2,1H3,(H,15,20)(H,16,21)(H,18,19)(H,22,23,24). The summed E-state index contributed by atoms with van der Waals surface area (Å²) >= 11 is 0. The van der Waals surface area contributed by atoms with E-state index in [1.54, 1.807) is 7.05 Å². The third kappa shape index (κ3) is 8.27. The van der Waals surface area contributed by atoms with Crippen molar-refractivity contribution in [1.29, 1.82) is 0 Å². The SMILES string of the molecule is CN1CCCC1C(=O)NC(CS(=O)(=O)O)C(=O)NCCCCC(=O)O. The number of carboxylic acids is 1. The molecule has 0 bridgehead atoms. The van der Waals surface area contributed by atoms with E-state index in [0.29, 0.717) is 19.3 Å². The molecule has 25 heavy (non-hydrogen) atoms. The fraction of sp³-hybridized carbons (Fsp3) is 0.786. The van der Waals surface area contributed by atoms with Gasteiger partial charge in [-0.05, 0) is 39.3 Å². The van der Waals surface area contributed by atoms with Gasteiger partial charge >= 0.3 is 5.97 Å². The molecule has 2 atom stereocenters. The molecule has 0 aromatic heterocycles. The first-order chi connectivity index (χ1) is 11.6. The zero-order chi connectivity index (χ0) is 19.0. The third-order valence-corrected chi connectivity index (χ3v) is 4.70. The molecular weight excluding hydrogens is 354 g/mol. The Bertz CT molecular complexity index is 593. The van der Waals surface area contributed by atoms with Gasteiger partial charge in [-0.1, -0.05) is 0 Å². The van der Waals surface area contributed by atoms with Crippen LogP contribution in [0.25, 0.3) is 0 Å². The molecule has 1 aliphatic heterocycles. The van der Waals surface area contributed by atoms with Crippen LogP contribution < -0.4 is 10.6 Å². The number of carbonyl (C=O) groups excluding carboxylic acids is 2. The Morgan fingerprint density at radius 1 is 1.28 bits per heavy atom. The number of likely N-dealkylation sites (N-methyl/N-ethyl adjacent to an activating group) is 1. The van der Waals surface area contributed by atoms with Crippen LogP contribution in [0.1, 0.15) is 32.1 Å². The highest BCUT2D eigenvalue weighted by atomic mass is 32.2. The lowest BCUT2D eigenvalue weighted by Crippen LogP contribution is -2.54. The van der Waals surface area contributed by atoms with Gasteiger partial charge in [-0.3, -0.25) is 23.8 Å². The summed E-state index contributed by atoms with van der Waals surface area (Å²) in [7, 11) is -2.70. The second kappa shape index (κ2) is 9.68. The first-order valence-electron chi connectivity index (χ1n) is 8.05. The molecule has 1 fully saturated rings. The second-order valence-electron chi connectivity index (χ2n) is 6.09. The van der Waals surface area contributed by atoms with Gasteiger partial charge in [0, 0.05) is 13.0 Å². The summed E-state index contributed by atoms with van der Waals surface area (Å²) in [5, 5.41) is 13.4. The van der Waals surface area contributed by atoms with Crippen LogP contribution in [0.4, 0.5) is 0 Å². The van der Waals surface area contributed by atoms with Crippen molar-refractivity contribution >= 4 is 27.9 Å². The maximum absolute atomic E-state index is 12.2. The summed E-state index contributed by atoms with van der Waals surface area (Å²) in [5.74, 6) is -3.06. The summed E-state index contributed by atoms with van der Waals surface area (Å²) in [6.07, 6.45) is 2.16. The van der Waals surface area contributed by atoms with Crippen molar-refractivity contribution in [3.05, 3.63) is 0 Å². The van der Waals surface area contributed by atoms with Crippen molar-refractivity contribution in [2.24, 2.45) is 0 Å². The largest absolute Gasteiger partial charge is 0.481 e. The minimum absolute atomic E-state index is 0.0327. The highest BCUT2D eigenvalue weighted by molar-refractivity contribution is 7.85. The van der Waals surface area contributed by atoms with Crippen LogP contribution in [-0.4, -0.2) is 78.7 Å². The Kier molecular flexibility index (Phi) is 8.26. The molecule has 0 aromatic rings. The van der Waals surface area contributed by atoms with Crippen molar-refractivity contribution in [2.75, 3.05) is 25.9 Å². The molecule has 1 rings (SSSR count). The van der Waals surface area contributed by atoms with E-state index in [-0.39, 0.29) is 13.0 Å². The van der Waals surface area contributed by atoms with Crippen LogP contribution in [0.5, 0.6) is 0 Å². The molecular formula is C14H25N3O7S. The molecule has 1 saturated heterocycles. The minimum atomic E-state index is -4.46. The van der Waals surface area contributed by atoms with Gasteiger partial charge in [0.05, 0.1) is 6.04 Å². The summed E-state index contributed by atoms with van der Waals surface area (Å²) in [6, 6.07) is -1.84. The van der Waals surface area contributed by atoms with Crippen LogP contribution >= 0.6 is 0 Å². The lowest BCUT2D eigenvalue weighted by molar-refractivity contribution is -0.137. The van der Waals surface area contributed by atoms with Crippen LogP contribution in [0.2, 0.25) is 0 Å². The van der Waals surface area contributed by atoms with Crippen LogP contribution in [0.15, 0.2) is 0 Å². The van der Waals surface area contributed by atoms with Gasteiger partial charge in [0.1, 0.15) is 11.8 Å². The second-order valence-corrected chi connectivity index (χ2v) is 7.59. The topological polar surface area (TPSA) is 153 Å². The fourth-order valence-electron chi connectivity index (χ4n) is 2.64. The molecule has 0 aromatic carbocycles. The monoisotopic (exact) mass is 379 g/mol. The zero-order valence-corrected chi connectivity index (χ0v) is 14.9. The average Bonchev–Trinajstić information content (AvgIpc) is 2.90. The predicted octanol–water partition coefficient (Wildman–Crippen LogP) is -1.18. The normalized spacial score (nSPS) is 19.4. The number of rotatable bonds is 10. The quantitative estimate of drug-likeness (QED) is 0.273. The van der Waals surface area contributed by atoms with Gasteiger partial charge in [-0.2, -0.15) is 8.42 Å². The number of carboxylic acid groups (broad SMARTS) is 1. The number of likely N-dealkylation sites (tertiary alicyclic amines) is 1. The highest BCUT2D eigenvalue weighted by Crippen LogP contribution is 2.14. The van der Waals surface area contributed by atoms with E-state index >= 15 is 0 Å². The zero-order valence-electron chi connectivity index (χ0n) is 14.1. The van der Waals surface area contributed by atoms with Gasteiger partial charge in [0.2, 0.25) is 11.8 Å². The molecule has 2 unspecified atom stereocenters. The van der Waals surface area contributed by atoms with Crippen molar-refractivity contribution in [3.63, 3.8) is 0 Å². The number of nitrogens with one attached hydrogen (secondary N) is 2. The molecule has 0 aliphatic carbocycles. The van der Waals surface area contributed by atoms with E-state index in [2.05, 4.69) is 10.6 Å². The van der Waals surface area contributed by atoms with E-state index < -0.39 is 45.7 Å². The summed E-state index contributed by atoms with van der Waals surface area (Å²) < 4.78 is 31.2. The van der Waals surface area contributed by atoms with Gasteiger partial charge in [-0.25, -0.2) is 0 Å². The molecule has 1 aliphatic rings. The van der Waals surface area contributed by atoms with E-state index in [0.717, 1.165) is 13.0 Å². The number of nitrogens with zero attached hydrogens (tertiary/aromatic N) is 1. The summed E-state index contributed by atoms with van der Waals surface area (Å²) in [5.41, 5.74) is 0. The summed E-state index contributed by atoms with van der Waals surface area (Å²) in [6.45, 7) is 0.879. The lowest BCUT2D eigenvalue weighted by Gasteiger charge is -2.23. The van der Waals surface area contributed by atoms with Crippen molar-refractivity contribution < 1.29 is 32.5 Å². The maximum atomic E-state index is 12.2. The first-order valence-corrected chi connectivity index (χ1v) is 9.66. The van der Waals surface area contributed by atoms with E-state index in [9.17, 15) is 22.8 Å². The van der Waals surface area contributed by atoms with Gasteiger partial charge < -0.3 is 15.7 Å². The lowest BCUT2D eigenvalue weighted by atomic mass is 10.2. The smallest absolute Gasteiger partial charge is 0.303 e. The molecule has 11 heteroatoms. The third-order valence-electron chi connectivity index (χ3n) is 3.95. The number of carbonyl (C=O) groups is 3. The Morgan fingerprint density at radius 3 is 2.48 bits per heavy atom. The number of amides is 2. The Morgan fingerprint density at radius 2 is 1.96 bits per heavy atom. The van der Waals surface area contributed by atoms with E-state index in [1.165, 1.54) is 0 Å². The van der Waals surface area contributed by atoms with Crippen LogP contribution in [-0.2, 0) is 24.5 Å². The first kappa shape index (κ1) is 21.3. The number of hydrogen-bond donors (Lipinski definition) is 4. The molecule has 10 nitrogen and oxygen atoms in total. The molecule has 144 valence electrons. The number of aliphatic carboxylic acids is 1. The van der Waals surface area contributed by atoms with Gasteiger partial charge in [-0.15, -0.1) is 0 Å². The van der Waals surface area contributed by atoms with Crippen LogP contribution in [0, 0.1) is 0 Å². The molecule has 4 N–H and O–H groups in total. The van der Waals surface area contributed by atoms with Crippen molar-refractivity contribution in [1.82, 2.24) is 15.5 Å². The average molecular weight is 379 g/mol. The minimum Gasteiger partial charge on any atom is -0.481 e. The summed E-state index contributed by atoms with van der Waals surface area (Å²) in [4.78, 5) is 36.6. The molecule has 2 amide bonds. The number of unbranched alkanes of at least 4 members (excludes halogenated alkanes) is 1. The molecule has 1 heterocycles. The Balaban J connectivity index is 2.58. The van der Waals surface area contributed by atoms with Gasteiger partial charge in [0.25, 0.3) is 10.1 Å². The van der Waals surface area contributed by atoms with Crippen molar-refractivity contribution in [3.8, 4) is 0 Å².